The molecule has 1 aliphatic carbocycles. The Morgan fingerprint density at radius 3 is 2.92 bits per heavy atom. The van der Waals surface area contributed by atoms with Gasteiger partial charge in [0.15, 0.2) is 6.61 Å². The van der Waals surface area contributed by atoms with Gasteiger partial charge in [0.05, 0.1) is 5.69 Å². The number of ether oxygens (including phenoxy) is 1. The number of hydrogen-bond donors (Lipinski definition) is 2. The molecule has 1 heterocycles. The second-order valence-corrected chi connectivity index (χ2v) is 6.15. The van der Waals surface area contributed by atoms with Gasteiger partial charge in [-0.05, 0) is 61.1 Å². The van der Waals surface area contributed by atoms with E-state index in [2.05, 4.69) is 16.7 Å². The number of carbonyl (C=O) groups excluding carboxylic acids is 2. The van der Waals surface area contributed by atoms with Crippen molar-refractivity contribution < 1.29 is 14.3 Å². The normalized spacial score (nSPS) is 15.6. The lowest BCUT2D eigenvalue weighted by molar-refractivity contribution is -0.118. The molecular weight excluding hydrogens is 304 g/mol. The molecule has 1 aliphatic heterocycles. The first-order valence-electron chi connectivity index (χ1n) is 8.19. The van der Waals surface area contributed by atoms with Gasteiger partial charge in [-0.25, -0.2) is 0 Å². The number of anilines is 2. The molecule has 0 unspecified atom stereocenters. The fraction of sp³-hybridized carbons (Fsp3) is 0.263. The first-order valence-corrected chi connectivity index (χ1v) is 8.19. The van der Waals surface area contributed by atoms with E-state index in [1.807, 2.05) is 12.1 Å². The summed E-state index contributed by atoms with van der Waals surface area (Å²) in [6.07, 6.45) is 4.43. The van der Waals surface area contributed by atoms with Crippen LogP contribution in [0.3, 0.4) is 0 Å². The van der Waals surface area contributed by atoms with Crippen molar-refractivity contribution in [2.45, 2.75) is 25.7 Å². The molecule has 2 aromatic rings. The Labute approximate surface area is 140 Å². The zero-order chi connectivity index (χ0) is 16.5. The molecule has 0 saturated heterocycles. The minimum atomic E-state index is -0.211. The van der Waals surface area contributed by atoms with Crippen molar-refractivity contribution in [3.05, 3.63) is 53.1 Å². The molecule has 0 radical (unpaired) electrons. The fourth-order valence-corrected chi connectivity index (χ4v) is 3.32. The van der Waals surface area contributed by atoms with E-state index in [4.69, 9.17) is 4.74 Å². The molecule has 5 nitrogen and oxygen atoms in total. The van der Waals surface area contributed by atoms with Gasteiger partial charge in [-0.15, -0.1) is 0 Å². The van der Waals surface area contributed by atoms with Crippen molar-refractivity contribution >= 4 is 23.2 Å². The number of hydrogen-bond acceptors (Lipinski definition) is 3. The third-order valence-electron chi connectivity index (χ3n) is 4.52. The molecule has 2 amide bonds. The number of rotatable bonds is 2. The lowest BCUT2D eigenvalue weighted by Gasteiger charge is -2.20. The Hall–Kier alpha value is -2.82. The molecule has 2 N–H and O–H groups in total. The summed E-state index contributed by atoms with van der Waals surface area (Å²) in [5, 5.41) is 5.74. The molecule has 0 atom stereocenters. The van der Waals surface area contributed by atoms with E-state index in [0.717, 1.165) is 24.9 Å². The molecule has 5 heteroatoms. The van der Waals surface area contributed by atoms with Crippen molar-refractivity contribution in [1.29, 1.82) is 0 Å². The Bertz CT molecular complexity index is 829. The van der Waals surface area contributed by atoms with Crippen LogP contribution in [0, 0.1) is 0 Å². The number of aryl methyl sites for hydroxylation is 1. The van der Waals surface area contributed by atoms with E-state index in [0.29, 0.717) is 17.0 Å². The first kappa shape index (κ1) is 14.8. The molecule has 0 bridgehead atoms. The third kappa shape index (κ3) is 2.73. The smallest absolute Gasteiger partial charge is 0.262 e. The van der Waals surface area contributed by atoms with Crippen LogP contribution in [0.1, 0.15) is 34.3 Å². The van der Waals surface area contributed by atoms with Gasteiger partial charge in [0.1, 0.15) is 5.75 Å². The van der Waals surface area contributed by atoms with E-state index < -0.39 is 0 Å². The van der Waals surface area contributed by atoms with Gasteiger partial charge in [-0.3, -0.25) is 9.59 Å². The van der Waals surface area contributed by atoms with Crippen molar-refractivity contribution in [1.82, 2.24) is 0 Å². The van der Waals surface area contributed by atoms with Crippen molar-refractivity contribution in [3.8, 4) is 5.75 Å². The minimum Gasteiger partial charge on any atom is -0.482 e. The predicted octanol–water partition coefficient (Wildman–Crippen LogP) is 3.15. The molecule has 24 heavy (non-hydrogen) atoms. The molecule has 2 aromatic carbocycles. The minimum absolute atomic E-state index is 0.00863. The lowest BCUT2D eigenvalue weighted by atomic mass is 9.90. The van der Waals surface area contributed by atoms with Crippen LogP contribution in [0.2, 0.25) is 0 Å². The van der Waals surface area contributed by atoms with E-state index in [1.54, 1.807) is 18.2 Å². The summed E-state index contributed by atoms with van der Waals surface area (Å²) < 4.78 is 5.32. The number of benzene rings is 2. The molecule has 0 spiro atoms. The van der Waals surface area contributed by atoms with E-state index in [-0.39, 0.29) is 18.4 Å². The van der Waals surface area contributed by atoms with Crippen molar-refractivity contribution in [2.24, 2.45) is 0 Å². The van der Waals surface area contributed by atoms with Gasteiger partial charge in [0.25, 0.3) is 11.8 Å². The first-order chi connectivity index (χ1) is 11.7. The zero-order valence-corrected chi connectivity index (χ0v) is 13.2. The summed E-state index contributed by atoms with van der Waals surface area (Å²) in [5.41, 5.74) is 4.48. The average Bonchev–Trinajstić information content (AvgIpc) is 2.61. The van der Waals surface area contributed by atoms with Crippen LogP contribution in [0.4, 0.5) is 11.4 Å². The molecular formula is C19H18N2O3. The van der Waals surface area contributed by atoms with Crippen LogP contribution in [-0.4, -0.2) is 18.4 Å². The van der Waals surface area contributed by atoms with Gasteiger partial charge in [0.2, 0.25) is 0 Å². The Morgan fingerprint density at radius 1 is 1.12 bits per heavy atom. The summed E-state index contributed by atoms with van der Waals surface area (Å²) in [4.78, 5) is 24.0. The quantitative estimate of drug-likeness (QED) is 0.892. The molecule has 0 aromatic heterocycles. The van der Waals surface area contributed by atoms with E-state index in [1.165, 1.54) is 17.5 Å². The highest BCUT2D eigenvalue weighted by molar-refractivity contribution is 6.06. The van der Waals surface area contributed by atoms with E-state index in [9.17, 15) is 9.59 Å². The molecule has 4 rings (SSSR count). The summed E-state index contributed by atoms with van der Waals surface area (Å²) in [7, 11) is 0. The maximum absolute atomic E-state index is 12.6. The fourth-order valence-electron chi connectivity index (χ4n) is 3.32. The lowest BCUT2D eigenvalue weighted by Crippen LogP contribution is -2.25. The standard InChI is InChI=1S/C19H18N2O3/c22-18-11-24-17-9-8-13(10-16(17)20-18)19(23)21-15-7-3-5-12-4-1-2-6-14(12)15/h3,5,7-10H,1-2,4,6,11H2,(H,20,22)(H,21,23). The molecule has 122 valence electrons. The molecule has 0 fully saturated rings. The largest absolute Gasteiger partial charge is 0.482 e. The van der Waals surface area contributed by atoms with Gasteiger partial charge in [-0.2, -0.15) is 0 Å². The highest BCUT2D eigenvalue weighted by Gasteiger charge is 2.19. The summed E-state index contributed by atoms with van der Waals surface area (Å²) in [5.74, 6) is 0.192. The Balaban J connectivity index is 1.59. The highest BCUT2D eigenvalue weighted by Crippen LogP contribution is 2.30. The van der Waals surface area contributed by atoms with E-state index >= 15 is 0 Å². The topological polar surface area (TPSA) is 67.4 Å². The number of nitrogens with one attached hydrogen (secondary N) is 2. The number of carbonyl (C=O) groups is 2. The monoisotopic (exact) mass is 322 g/mol. The maximum atomic E-state index is 12.6. The molecule has 2 aliphatic rings. The Kier molecular flexibility index (Phi) is 3.69. The van der Waals surface area contributed by atoms with Crippen LogP contribution in [0.5, 0.6) is 5.75 Å². The van der Waals surface area contributed by atoms with Crippen molar-refractivity contribution in [2.75, 3.05) is 17.2 Å². The number of fused-ring (bicyclic) bond motifs is 2. The van der Waals surface area contributed by atoms with Crippen LogP contribution < -0.4 is 15.4 Å². The van der Waals surface area contributed by atoms with Gasteiger partial charge < -0.3 is 15.4 Å². The van der Waals surface area contributed by atoms with Gasteiger partial charge in [0, 0.05) is 11.3 Å². The highest BCUT2D eigenvalue weighted by atomic mass is 16.5. The van der Waals surface area contributed by atoms with Crippen molar-refractivity contribution in [3.63, 3.8) is 0 Å². The van der Waals surface area contributed by atoms with Crippen LogP contribution in [-0.2, 0) is 17.6 Å². The summed E-state index contributed by atoms with van der Waals surface area (Å²) in [6, 6.07) is 11.1. The summed E-state index contributed by atoms with van der Waals surface area (Å²) >= 11 is 0. The van der Waals surface area contributed by atoms with Gasteiger partial charge >= 0.3 is 0 Å². The van der Waals surface area contributed by atoms with Gasteiger partial charge in [-0.1, -0.05) is 12.1 Å². The molecule has 0 saturated carbocycles. The SMILES string of the molecule is O=C1COc2ccc(C(=O)Nc3cccc4c3CCCC4)cc2N1. The third-order valence-corrected chi connectivity index (χ3v) is 4.52. The number of amides is 2. The van der Waals surface area contributed by atoms with Crippen LogP contribution in [0.25, 0.3) is 0 Å². The predicted molar refractivity (Wildman–Crippen MR) is 91.6 cm³/mol. The Morgan fingerprint density at radius 2 is 2.00 bits per heavy atom. The second kappa shape index (κ2) is 6.00. The van der Waals surface area contributed by atoms with Crippen LogP contribution in [0.15, 0.2) is 36.4 Å². The van der Waals surface area contributed by atoms with Crippen LogP contribution >= 0.6 is 0 Å². The summed E-state index contributed by atoms with van der Waals surface area (Å²) in [6.45, 7) is 0.00863. The average molecular weight is 322 g/mol. The zero-order valence-electron chi connectivity index (χ0n) is 13.2. The second-order valence-electron chi connectivity index (χ2n) is 6.15. The maximum Gasteiger partial charge on any atom is 0.262 e.